The van der Waals surface area contributed by atoms with Crippen LogP contribution < -0.4 is 5.32 Å². The lowest BCUT2D eigenvalue weighted by molar-refractivity contribution is 0.232. The van der Waals surface area contributed by atoms with Crippen LogP contribution in [0.5, 0.6) is 0 Å². The van der Waals surface area contributed by atoms with Crippen molar-refractivity contribution >= 4 is 0 Å². The highest BCUT2D eigenvalue weighted by Gasteiger charge is 2.11. The molecule has 1 rings (SSSR count). The van der Waals surface area contributed by atoms with E-state index in [1.165, 1.54) is 24.0 Å². The average molecular weight is 276 g/mol. The lowest BCUT2D eigenvalue weighted by atomic mass is 10.1. The van der Waals surface area contributed by atoms with Gasteiger partial charge < -0.3 is 5.32 Å². The number of nitrogens with zero attached hydrogens (tertiary/aromatic N) is 1. The first-order chi connectivity index (χ1) is 9.28. The van der Waals surface area contributed by atoms with E-state index in [1.54, 1.807) is 0 Å². The van der Waals surface area contributed by atoms with Gasteiger partial charge in [-0.2, -0.15) is 0 Å². The molecule has 0 fully saturated rings. The average Bonchev–Trinajstić information content (AvgIpc) is 2.36. The quantitative estimate of drug-likeness (QED) is 0.758. The fourth-order valence-electron chi connectivity index (χ4n) is 2.22. The Balaban J connectivity index is 2.28. The Hall–Kier alpha value is -0.860. The van der Waals surface area contributed by atoms with Crippen molar-refractivity contribution in [3.05, 3.63) is 35.4 Å². The summed E-state index contributed by atoms with van der Waals surface area (Å²) in [6.07, 6.45) is 2.47. The van der Waals surface area contributed by atoms with Crippen molar-refractivity contribution in [1.82, 2.24) is 10.2 Å². The van der Waals surface area contributed by atoms with Gasteiger partial charge in [-0.25, -0.2) is 0 Å². The SMILES string of the molecule is Cc1ccc(CN(C)C(C)CCCNC(C)(C)C)cc1. The van der Waals surface area contributed by atoms with Crippen molar-refractivity contribution in [3.8, 4) is 0 Å². The molecule has 0 aliphatic heterocycles. The van der Waals surface area contributed by atoms with Crippen LogP contribution in [0.1, 0.15) is 51.7 Å². The second-order valence-electron chi connectivity index (χ2n) is 7.07. The molecule has 0 radical (unpaired) electrons. The molecule has 0 bridgehead atoms. The summed E-state index contributed by atoms with van der Waals surface area (Å²) >= 11 is 0. The molecule has 0 amide bonds. The number of hydrogen-bond donors (Lipinski definition) is 1. The highest BCUT2D eigenvalue weighted by atomic mass is 15.1. The van der Waals surface area contributed by atoms with Gasteiger partial charge in [-0.15, -0.1) is 0 Å². The Morgan fingerprint density at radius 2 is 1.75 bits per heavy atom. The van der Waals surface area contributed by atoms with E-state index in [2.05, 4.69) is 76.1 Å². The van der Waals surface area contributed by atoms with Crippen LogP contribution in [-0.4, -0.2) is 30.1 Å². The summed E-state index contributed by atoms with van der Waals surface area (Å²) in [6.45, 7) is 13.3. The third-order valence-corrected chi connectivity index (χ3v) is 3.76. The molecule has 1 aromatic rings. The van der Waals surface area contributed by atoms with Crippen LogP contribution in [-0.2, 0) is 6.54 Å². The van der Waals surface area contributed by atoms with E-state index < -0.39 is 0 Å². The smallest absolute Gasteiger partial charge is 0.0233 e. The monoisotopic (exact) mass is 276 g/mol. The molecular formula is C18H32N2. The maximum Gasteiger partial charge on any atom is 0.0233 e. The Labute approximate surface area is 125 Å². The van der Waals surface area contributed by atoms with Crippen molar-refractivity contribution in [3.63, 3.8) is 0 Å². The zero-order valence-electron chi connectivity index (χ0n) is 14.2. The minimum Gasteiger partial charge on any atom is -0.312 e. The van der Waals surface area contributed by atoms with Crippen LogP contribution in [0.4, 0.5) is 0 Å². The minimum absolute atomic E-state index is 0.233. The van der Waals surface area contributed by atoms with E-state index in [0.717, 1.165) is 13.1 Å². The molecule has 0 spiro atoms. The third-order valence-electron chi connectivity index (χ3n) is 3.76. The topological polar surface area (TPSA) is 15.3 Å². The van der Waals surface area contributed by atoms with Crippen LogP contribution in [0.25, 0.3) is 0 Å². The summed E-state index contributed by atoms with van der Waals surface area (Å²) in [5.74, 6) is 0. The molecule has 0 heterocycles. The van der Waals surface area contributed by atoms with E-state index in [9.17, 15) is 0 Å². The maximum atomic E-state index is 3.55. The van der Waals surface area contributed by atoms with E-state index in [4.69, 9.17) is 0 Å². The molecule has 0 aliphatic carbocycles. The third kappa shape index (κ3) is 7.06. The van der Waals surface area contributed by atoms with E-state index in [0.29, 0.717) is 6.04 Å². The Morgan fingerprint density at radius 1 is 1.15 bits per heavy atom. The van der Waals surface area contributed by atoms with Crippen LogP contribution in [0.2, 0.25) is 0 Å². The Kier molecular flexibility index (Phi) is 6.70. The zero-order chi connectivity index (χ0) is 15.2. The molecular weight excluding hydrogens is 244 g/mol. The molecule has 1 aromatic carbocycles. The lowest BCUT2D eigenvalue weighted by Gasteiger charge is -2.26. The van der Waals surface area contributed by atoms with Crippen LogP contribution in [0, 0.1) is 6.92 Å². The van der Waals surface area contributed by atoms with Gasteiger partial charge in [-0.05, 0) is 66.6 Å². The van der Waals surface area contributed by atoms with Crippen molar-refractivity contribution in [2.24, 2.45) is 0 Å². The van der Waals surface area contributed by atoms with Gasteiger partial charge in [0, 0.05) is 18.1 Å². The van der Waals surface area contributed by atoms with Crippen molar-refractivity contribution < 1.29 is 0 Å². The molecule has 0 aromatic heterocycles. The summed E-state index contributed by atoms with van der Waals surface area (Å²) in [5.41, 5.74) is 2.97. The highest BCUT2D eigenvalue weighted by molar-refractivity contribution is 5.21. The standard InChI is InChI=1S/C18H32N2/c1-15-9-11-17(12-10-15)14-20(6)16(2)8-7-13-19-18(3,4)5/h9-12,16,19H,7-8,13-14H2,1-6H3. The molecule has 1 N–H and O–H groups in total. The maximum absolute atomic E-state index is 3.55. The fraction of sp³-hybridized carbons (Fsp3) is 0.667. The van der Waals surface area contributed by atoms with Gasteiger partial charge in [0.15, 0.2) is 0 Å². The number of nitrogens with one attached hydrogen (secondary N) is 1. The minimum atomic E-state index is 0.233. The number of aryl methyl sites for hydroxylation is 1. The lowest BCUT2D eigenvalue weighted by Crippen LogP contribution is -2.37. The Morgan fingerprint density at radius 3 is 2.30 bits per heavy atom. The zero-order valence-corrected chi connectivity index (χ0v) is 14.2. The molecule has 2 heteroatoms. The molecule has 0 saturated heterocycles. The van der Waals surface area contributed by atoms with Gasteiger partial charge in [0.1, 0.15) is 0 Å². The van der Waals surface area contributed by atoms with Gasteiger partial charge in [0.05, 0.1) is 0 Å². The summed E-state index contributed by atoms with van der Waals surface area (Å²) in [7, 11) is 2.22. The summed E-state index contributed by atoms with van der Waals surface area (Å²) < 4.78 is 0. The van der Waals surface area contributed by atoms with E-state index >= 15 is 0 Å². The highest BCUT2D eigenvalue weighted by Crippen LogP contribution is 2.11. The van der Waals surface area contributed by atoms with Gasteiger partial charge >= 0.3 is 0 Å². The first kappa shape index (κ1) is 17.2. The predicted molar refractivity (Wildman–Crippen MR) is 89.1 cm³/mol. The fourth-order valence-corrected chi connectivity index (χ4v) is 2.22. The molecule has 0 aliphatic rings. The molecule has 1 atom stereocenters. The van der Waals surface area contributed by atoms with Crippen LogP contribution in [0.3, 0.4) is 0 Å². The van der Waals surface area contributed by atoms with Crippen molar-refractivity contribution in [1.29, 1.82) is 0 Å². The van der Waals surface area contributed by atoms with E-state index in [1.807, 2.05) is 0 Å². The second-order valence-corrected chi connectivity index (χ2v) is 7.07. The number of benzene rings is 1. The second kappa shape index (κ2) is 7.80. The van der Waals surface area contributed by atoms with Crippen LogP contribution in [0.15, 0.2) is 24.3 Å². The van der Waals surface area contributed by atoms with Gasteiger partial charge in [0.25, 0.3) is 0 Å². The Bertz CT molecular complexity index is 375. The molecule has 2 nitrogen and oxygen atoms in total. The first-order valence-corrected chi connectivity index (χ1v) is 7.79. The number of rotatable bonds is 7. The van der Waals surface area contributed by atoms with E-state index in [-0.39, 0.29) is 5.54 Å². The van der Waals surface area contributed by atoms with Gasteiger partial charge in [-0.1, -0.05) is 29.8 Å². The largest absolute Gasteiger partial charge is 0.312 e. The predicted octanol–water partition coefficient (Wildman–Crippen LogP) is 3.98. The molecule has 0 saturated carbocycles. The van der Waals surface area contributed by atoms with Crippen LogP contribution >= 0.6 is 0 Å². The van der Waals surface area contributed by atoms with Crippen molar-refractivity contribution in [2.45, 2.75) is 65.6 Å². The number of hydrogen-bond acceptors (Lipinski definition) is 2. The first-order valence-electron chi connectivity index (χ1n) is 7.79. The molecule has 114 valence electrons. The molecule has 20 heavy (non-hydrogen) atoms. The van der Waals surface area contributed by atoms with Gasteiger partial charge in [-0.3, -0.25) is 4.90 Å². The summed E-state index contributed by atoms with van der Waals surface area (Å²) in [5, 5.41) is 3.55. The normalized spacial score (nSPS) is 13.8. The molecule has 1 unspecified atom stereocenters. The van der Waals surface area contributed by atoms with Gasteiger partial charge in [0.2, 0.25) is 0 Å². The summed E-state index contributed by atoms with van der Waals surface area (Å²) in [4.78, 5) is 2.45. The summed E-state index contributed by atoms with van der Waals surface area (Å²) in [6, 6.07) is 9.49. The van der Waals surface area contributed by atoms with Crippen molar-refractivity contribution in [2.75, 3.05) is 13.6 Å².